The molecule has 9 heteroatoms. The zero-order chi connectivity index (χ0) is 15.2. The van der Waals surface area contributed by atoms with Crippen molar-refractivity contribution in [3.8, 4) is 5.75 Å². The molecule has 0 spiro atoms. The molecule has 0 unspecified atom stereocenters. The van der Waals surface area contributed by atoms with Gasteiger partial charge in [-0.3, -0.25) is 19.6 Å². The summed E-state index contributed by atoms with van der Waals surface area (Å²) in [4.78, 5) is 21.4. The van der Waals surface area contributed by atoms with Gasteiger partial charge in [0.1, 0.15) is 24.7 Å². The number of hydrazone groups is 1. The van der Waals surface area contributed by atoms with Gasteiger partial charge in [-0.15, -0.1) is 0 Å². The third-order valence-corrected chi connectivity index (χ3v) is 2.43. The number of carbonyl (C=O) groups excluding carboxylic acids is 1. The number of benzene rings is 1. The molecule has 0 saturated carbocycles. The highest BCUT2D eigenvalue weighted by atomic mass is 16.6. The summed E-state index contributed by atoms with van der Waals surface area (Å²) in [6, 6.07) is 6.24. The predicted molar refractivity (Wildman–Crippen MR) is 72.7 cm³/mol. The molecule has 0 saturated heterocycles. The Kier molecular flexibility index (Phi) is 4.24. The molecule has 0 atom stereocenters. The largest absolute Gasteiger partial charge is 0.508 e. The number of hydrogen-bond acceptors (Lipinski definition) is 6. The Hall–Kier alpha value is -3.23. The quantitative estimate of drug-likeness (QED) is 0.475. The van der Waals surface area contributed by atoms with Crippen LogP contribution in [0.1, 0.15) is 5.56 Å². The minimum absolute atomic E-state index is 0.136. The fraction of sp³-hybridized carbons (Fsp3) is 0.0833. The van der Waals surface area contributed by atoms with Crippen molar-refractivity contribution in [3.05, 3.63) is 52.3 Å². The lowest BCUT2D eigenvalue weighted by atomic mass is 10.2. The van der Waals surface area contributed by atoms with E-state index in [-0.39, 0.29) is 18.0 Å². The first kappa shape index (κ1) is 14.2. The van der Waals surface area contributed by atoms with Crippen LogP contribution in [0.4, 0.5) is 5.69 Å². The molecule has 1 aromatic carbocycles. The van der Waals surface area contributed by atoms with E-state index in [9.17, 15) is 14.9 Å². The SMILES string of the molecule is O=C(Cn1cc([N+](=O)[O-])cn1)NN=Cc1ccc(O)cc1. The van der Waals surface area contributed by atoms with Crippen molar-refractivity contribution >= 4 is 17.8 Å². The van der Waals surface area contributed by atoms with Gasteiger partial charge in [-0.2, -0.15) is 10.2 Å². The van der Waals surface area contributed by atoms with Crippen LogP contribution in [0.2, 0.25) is 0 Å². The predicted octanol–water partition coefficient (Wildman–Crippen LogP) is 0.647. The maximum Gasteiger partial charge on any atom is 0.307 e. The maximum atomic E-state index is 11.5. The molecule has 1 aromatic heterocycles. The van der Waals surface area contributed by atoms with Crippen molar-refractivity contribution < 1.29 is 14.8 Å². The Morgan fingerprint density at radius 1 is 1.48 bits per heavy atom. The Balaban J connectivity index is 1.86. The number of phenolic OH excluding ortho intramolecular Hbond substituents is 1. The number of aromatic hydroxyl groups is 1. The van der Waals surface area contributed by atoms with Crippen molar-refractivity contribution in [3.63, 3.8) is 0 Å². The third-order valence-electron chi connectivity index (χ3n) is 2.43. The van der Waals surface area contributed by atoms with E-state index in [0.717, 1.165) is 17.1 Å². The second kappa shape index (κ2) is 6.28. The normalized spacial score (nSPS) is 10.7. The van der Waals surface area contributed by atoms with Crippen LogP contribution in [0, 0.1) is 10.1 Å². The van der Waals surface area contributed by atoms with Gasteiger partial charge in [0.2, 0.25) is 0 Å². The van der Waals surface area contributed by atoms with Crippen LogP contribution in [0.5, 0.6) is 5.75 Å². The van der Waals surface area contributed by atoms with Crippen LogP contribution < -0.4 is 5.43 Å². The van der Waals surface area contributed by atoms with Gasteiger partial charge in [0.25, 0.3) is 5.91 Å². The smallest absolute Gasteiger partial charge is 0.307 e. The highest BCUT2D eigenvalue weighted by Crippen LogP contribution is 2.08. The average molecular weight is 289 g/mol. The van der Waals surface area contributed by atoms with E-state index in [1.54, 1.807) is 12.1 Å². The average Bonchev–Trinajstić information content (AvgIpc) is 2.90. The van der Waals surface area contributed by atoms with Gasteiger partial charge in [-0.1, -0.05) is 0 Å². The monoisotopic (exact) mass is 289 g/mol. The second-order valence-electron chi connectivity index (χ2n) is 4.04. The van der Waals surface area contributed by atoms with Crippen molar-refractivity contribution in [2.24, 2.45) is 5.10 Å². The number of hydrogen-bond donors (Lipinski definition) is 2. The fourth-order valence-electron chi connectivity index (χ4n) is 1.46. The summed E-state index contributed by atoms with van der Waals surface area (Å²) >= 11 is 0. The molecule has 0 radical (unpaired) electrons. The van der Waals surface area contributed by atoms with Crippen LogP contribution in [-0.2, 0) is 11.3 Å². The van der Waals surface area contributed by atoms with Crippen LogP contribution in [-0.4, -0.2) is 31.9 Å². The first-order chi connectivity index (χ1) is 10.0. The van der Waals surface area contributed by atoms with Gasteiger partial charge in [-0.25, -0.2) is 5.43 Å². The molecular weight excluding hydrogens is 278 g/mol. The molecule has 0 aliphatic heterocycles. The summed E-state index contributed by atoms with van der Waals surface area (Å²) in [5, 5.41) is 27.0. The molecular formula is C12H11N5O4. The summed E-state index contributed by atoms with van der Waals surface area (Å²) in [7, 11) is 0. The van der Waals surface area contributed by atoms with E-state index in [0.29, 0.717) is 5.56 Å². The van der Waals surface area contributed by atoms with Crippen LogP contribution in [0.3, 0.4) is 0 Å². The Morgan fingerprint density at radius 3 is 2.81 bits per heavy atom. The number of nitro groups is 1. The standard InChI is InChI=1S/C12H11N5O4/c18-11-3-1-9(2-4-11)5-13-15-12(19)8-16-7-10(6-14-16)17(20)21/h1-7,18H,8H2,(H,15,19). The minimum Gasteiger partial charge on any atom is -0.508 e. The molecule has 0 fully saturated rings. The van der Waals surface area contributed by atoms with Gasteiger partial charge in [-0.05, 0) is 29.8 Å². The summed E-state index contributed by atoms with van der Waals surface area (Å²) in [6.07, 6.45) is 3.62. The summed E-state index contributed by atoms with van der Waals surface area (Å²) in [6.45, 7) is -0.180. The lowest BCUT2D eigenvalue weighted by molar-refractivity contribution is -0.385. The van der Waals surface area contributed by atoms with E-state index >= 15 is 0 Å². The Bertz CT molecular complexity index is 677. The molecule has 0 aliphatic carbocycles. The molecule has 2 aromatic rings. The van der Waals surface area contributed by atoms with Crippen molar-refractivity contribution in [2.45, 2.75) is 6.54 Å². The molecule has 1 heterocycles. The first-order valence-electron chi connectivity index (χ1n) is 5.82. The van der Waals surface area contributed by atoms with E-state index in [2.05, 4.69) is 15.6 Å². The Labute approximate surface area is 118 Å². The fourth-order valence-corrected chi connectivity index (χ4v) is 1.46. The third kappa shape index (κ3) is 4.13. The van der Waals surface area contributed by atoms with E-state index in [4.69, 9.17) is 5.11 Å². The molecule has 9 nitrogen and oxygen atoms in total. The molecule has 108 valence electrons. The zero-order valence-electron chi connectivity index (χ0n) is 10.7. The van der Waals surface area contributed by atoms with Crippen LogP contribution >= 0.6 is 0 Å². The van der Waals surface area contributed by atoms with Gasteiger partial charge in [0.05, 0.1) is 11.1 Å². The van der Waals surface area contributed by atoms with Crippen LogP contribution in [0.15, 0.2) is 41.8 Å². The first-order valence-corrected chi connectivity index (χ1v) is 5.82. The summed E-state index contributed by atoms with van der Waals surface area (Å²) in [5.74, 6) is -0.334. The molecule has 0 bridgehead atoms. The molecule has 21 heavy (non-hydrogen) atoms. The van der Waals surface area contributed by atoms with Crippen molar-refractivity contribution in [1.29, 1.82) is 0 Å². The zero-order valence-corrected chi connectivity index (χ0v) is 10.7. The molecule has 0 aliphatic rings. The van der Waals surface area contributed by atoms with Crippen molar-refractivity contribution in [1.82, 2.24) is 15.2 Å². The number of nitrogens with zero attached hydrogens (tertiary/aromatic N) is 4. The number of aromatic nitrogens is 2. The lowest BCUT2D eigenvalue weighted by Crippen LogP contribution is -2.23. The number of carbonyl (C=O) groups is 1. The van der Waals surface area contributed by atoms with Gasteiger partial charge >= 0.3 is 5.69 Å². The van der Waals surface area contributed by atoms with E-state index in [1.165, 1.54) is 18.3 Å². The minimum atomic E-state index is -0.593. The number of rotatable bonds is 5. The van der Waals surface area contributed by atoms with E-state index in [1.807, 2.05) is 0 Å². The molecule has 2 rings (SSSR count). The van der Waals surface area contributed by atoms with Crippen LogP contribution in [0.25, 0.3) is 0 Å². The molecule has 1 amide bonds. The molecule has 2 N–H and O–H groups in total. The Morgan fingerprint density at radius 2 is 2.19 bits per heavy atom. The number of amides is 1. The van der Waals surface area contributed by atoms with Gasteiger partial charge < -0.3 is 5.11 Å². The van der Waals surface area contributed by atoms with Gasteiger partial charge in [0.15, 0.2) is 0 Å². The van der Waals surface area contributed by atoms with Crippen molar-refractivity contribution in [2.75, 3.05) is 0 Å². The topological polar surface area (TPSA) is 123 Å². The number of nitrogens with one attached hydrogen (secondary N) is 1. The highest BCUT2D eigenvalue weighted by molar-refractivity contribution is 5.82. The van der Waals surface area contributed by atoms with E-state index < -0.39 is 10.8 Å². The number of phenols is 1. The second-order valence-corrected chi connectivity index (χ2v) is 4.04. The summed E-state index contributed by atoms with van der Waals surface area (Å²) in [5.41, 5.74) is 2.78. The van der Waals surface area contributed by atoms with Gasteiger partial charge in [0, 0.05) is 0 Å². The summed E-state index contributed by atoms with van der Waals surface area (Å²) < 4.78 is 1.14. The maximum absolute atomic E-state index is 11.5. The highest BCUT2D eigenvalue weighted by Gasteiger charge is 2.10. The lowest BCUT2D eigenvalue weighted by Gasteiger charge is -1.99.